The van der Waals surface area contributed by atoms with E-state index in [0.29, 0.717) is 5.56 Å². The van der Waals surface area contributed by atoms with Gasteiger partial charge in [-0.3, -0.25) is 4.79 Å². The van der Waals surface area contributed by atoms with Crippen LogP contribution < -0.4 is 0 Å². The molecule has 0 amide bonds. The Morgan fingerprint density at radius 1 is 1.00 bits per heavy atom. The van der Waals surface area contributed by atoms with Gasteiger partial charge in [-0.2, -0.15) is 9.78 Å². The molecule has 1 fully saturated rings. The van der Waals surface area contributed by atoms with Gasteiger partial charge in [0.15, 0.2) is 0 Å². The zero-order chi connectivity index (χ0) is 11.5. The molecule has 17 heavy (non-hydrogen) atoms. The number of Topliss-reactive ketones (excluding diaryl/α,β-unsaturated/α-hetero) is 1. The second-order valence-electron chi connectivity index (χ2n) is 4.28. The van der Waals surface area contributed by atoms with Crippen LogP contribution in [0.15, 0.2) is 42.5 Å². The van der Waals surface area contributed by atoms with Crippen LogP contribution in [0.4, 0.5) is 0 Å². The number of carbonyl (C=O) groups excluding carboxylic acids is 1. The molecule has 2 aliphatic rings. The molecular weight excluding hydrogens is 216 g/mol. The molecule has 0 atom stereocenters. The van der Waals surface area contributed by atoms with E-state index in [1.807, 2.05) is 42.5 Å². The van der Waals surface area contributed by atoms with E-state index in [-0.39, 0.29) is 5.78 Å². The third-order valence-corrected chi connectivity index (χ3v) is 3.22. The standard InChI is InChI=1S/C14H8O3/c15-13-12-8-10-4-2-1-3-9(10)7-11(12)5-6-14(13)16-17-14/h1-8H. The maximum absolute atomic E-state index is 12.1. The number of hydrogen-bond donors (Lipinski definition) is 0. The Bertz CT molecular complexity index is 681. The minimum atomic E-state index is -1.13. The van der Waals surface area contributed by atoms with Gasteiger partial charge in [-0.15, -0.1) is 0 Å². The number of ketones is 1. The van der Waals surface area contributed by atoms with Crippen molar-refractivity contribution in [3.63, 3.8) is 0 Å². The lowest BCUT2D eigenvalue weighted by molar-refractivity contribution is 0.0850. The van der Waals surface area contributed by atoms with E-state index >= 15 is 0 Å². The van der Waals surface area contributed by atoms with E-state index in [9.17, 15) is 4.79 Å². The summed E-state index contributed by atoms with van der Waals surface area (Å²) in [6.45, 7) is 0. The maximum atomic E-state index is 12.1. The second kappa shape index (κ2) is 2.83. The average molecular weight is 224 g/mol. The molecule has 1 aliphatic carbocycles. The molecular formula is C14H8O3. The summed E-state index contributed by atoms with van der Waals surface area (Å²) in [5.74, 6) is -1.25. The van der Waals surface area contributed by atoms with Gasteiger partial charge in [0.25, 0.3) is 0 Å². The first-order valence-corrected chi connectivity index (χ1v) is 5.42. The second-order valence-corrected chi connectivity index (χ2v) is 4.28. The lowest BCUT2D eigenvalue weighted by Crippen LogP contribution is -2.25. The van der Waals surface area contributed by atoms with Crippen molar-refractivity contribution >= 4 is 22.6 Å². The van der Waals surface area contributed by atoms with E-state index in [2.05, 4.69) is 0 Å². The van der Waals surface area contributed by atoms with Crippen LogP contribution in [0, 0.1) is 0 Å². The summed E-state index contributed by atoms with van der Waals surface area (Å²) in [7, 11) is 0. The normalized spacial score (nSPS) is 19.6. The highest BCUT2D eigenvalue weighted by atomic mass is 17.4. The van der Waals surface area contributed by atoms with Gasteiger partial charge in [-0.05, 0) is 34.5 Å². The van der Waals surface area contributed by atoms with Crippen LogP contribution >= 0.6 is 0 Å². The van der Waals surface area contributed by atoms with E-state index < -0.39 is 5.79 Å². The smallest absolute Gasteiger partial charge is 0.287 e. The summed E-state index contributed by atoms with van der Waals surface area (Å²) < 4.78 is 0. The molecule has 1 spiro atoms. The van der Waals surface area contributed by atoms with Crippen molar-refractivity contribution < 1.29 is 14.6 Å². The molecule has 3 nitrogen and oxygen atoms in total. The van der Waals surface area contributed by atoms with Crippen molar-refractivity contribution in [1.29, 1.82) is 0 Å². The van der Waals surface area contributed by atoms with Crippen molar-refractivity contribution in [1.82, 2.24) is 0 Å². The fraction of sp³-hybridized carbons (Fsp3) is 0.0714. The molecule has 82 valence electrons. The summed E-state index contributed by atoms with van der Waals surface area (Å²) in [5.41, 5.74) is 1.57. The highest BCUT2D eigenvalue weighted by molar-refractivity contribution is 6.11. The van der Waals surface area contributed by atoms with Crippen molar-refractivity contribution in [2.75, 3.05) is 0 Å². The van der Waals surface area contributed by atoms with Crippen LogP contribution in [0.3, 0.4) is 0 Å². The Kier molecular flexibility index (Phi) is 1.51. The minimum Gasteiger partial charge on any atom is -0.287 e. The third-order valence-electron chi connectivity index (χ3n) is 3.22. The van der Waals surface area contributed by atoms with Crippen LogP contribution in [0.1, 0.15) is 15.9 Å². The Hall–Kier alpha value is -1.97. The van der Waals surface area contributed by atoms with Gasteiger partial charge in [0.05, 0.1) is 0 Å². The van der Waals surface area contributed by atoms with Gasteiger partial charge < -0.3 is 0 Å². The number of fused-ring (bicyclic) bond motifs is 2. The van der Waals surface area contributed by atoms with Crippen LogP contribution in [0.2, 0.25) is 0 Å². The van der Waals surface area contributed by atoms with Gasteiger partial charge >= 0.3 is 5.79 Å². The van der Waals surface area contributed by atoms with E-state index in [0.717, 1.165) is 16.3 Å². The van der Waals surface area contributed by atoms with Gasteiger partial charge in [0, 0.05) is 5.56 Å². The Morgan fingerprint density at radius 3 is 2.41 bits per heavy atom. The van der Waals surface area contributed by atoms with Crippen LogP contribution in [-0.4, -0.2) is 11.6 Å². The van der Waals surface area contributed by atoms with Crippen molar-refractivity contribution in [3.05, 3.63) is 53.6 Å². The lowest BCUT2D eigenvalue weighted by Gasteiger charge is -2.12. The van der Waals surface area contributed by atoms with Crippen LogP contribution in [-0.2, 0) is 9.78 Å². The molecule has 1 heterocycles. The molecule has 0 radical (unpaired) electrons. The topological polar surface area (TPSA) is 42.1 Å². The van der Waals surface area contributed by atoms with E-state index in [4.69, 9.17) is 9.78 Å². The maximum Gasteiger partial charge on any atom is 0.314 e. The molecule has 1 aliphatic heterocycles. The monoisotopic (exact) mass is 224 g/mol. The molecule has 2 aromatic carbocycles. The zero-order valence-corrected chi connectivity index (χ0v) is 8.84. The zero-order valence-electron chi connectivity index (χ0n) is 8.84. The molecule has 0 aromatic heterocycles. The number of benzene rings is 2. The molecule has 0 saturated carbocycles. The molecule has 2 aromatic rings. The first kappa shape index (κ1) is 9.10. The minimum absolute atomic E-state index is 0.124. The fourth-order valence-electron chi connectivity index (χ4n) is 2.23. The summed E-state index contributed by atoms with van der Waals surface area (Å²) in [6.07, 6.45) is 3.53. The predicted octanol–water partition coefficient (Wildman–Crippen LogP) is 2.71. The van der Waals surface area contributed by atoms with Crippen molar-refractivity contribution in [3.8, 4) is 0 Å². The Balaban J connectivity index is 2.03. The first-order chi connectivity index (χ1) is 8.28. The van der Waals surface area contributed by atoms with Gasteiger partial charge in [-0.25, -0.2) is 0 Å². The Labute approximate surface area is 97.2 Å². The molecule has 0 bridgehead atoms. The van der Waals surface area contributed by atoms with Crippen LogP contribution in [0.25, 0.3) is 16.8 Å². The van der Waals surface area contributed by atoms with Gasteiger partial charge in [0.1, 0.15) is 0 Å². The predicted molar refractivity (Wildman–Crippen MR) is 62.2 cm³/mol. The largest absolute Gasteiger partial charge is 0.314 e. The van der Waals surface area contributed by atoms with Crippen molar-refractivity contribution in [2.24, 2.45) is 0 Å². The fourth-order valence-corrected chi connectivity index (χ4v) is 2.23. The van der Waals surface area contributed by atoms with E-state index in [1.54, 1.807) is 6.08 Å². The summed E-state index contributed by atoms with van der Waals surface area (Å²) in [4.78, 5) is 21.7. The lowest BCUT2D eigenvalue weighted by atomic mass is 9.90. The number of rotatable bonds is 0. The molecule has 3 heteroatoms. The molecule has 0 N–H and O–H groups in total. The van der Waals surface area contributed by atoms with Gasteiger partial charge in [0.2, 0.25) is 5.78 Å². The molecule has 0 unspecified atom stereocenters. The summed E-state index contributed by atoms with van der Waals surface area (Å²) in [6, 6.07) is 11.9. The quantitative estimate of drug-likeness (QED) is 0.510. The highest BCUT2D eigenvalue weighted by Gasteiger charge is 2.56. The number of carbonyl (C=O) groups is 1. The first-order valence-electron chi connectivity index (χ1n) is 5.42. The van der Waals surface area contributed by atoms with Crippen molar-refractivity contribution in [2.45, 2.75) is 5.79 Å². The average Bonchev–Trinajstić information content (AvgIpc) is 3.14. The SMILES string of the molecule is O=C1c2cc3ccccc3cc2C=CC12OO2. The molecule has 1 saturated heterocycles. The highest BCUT2D eigenvalue weighted by Crippen LogP contribution is 2.40. The molecule has 4 rings (SSSR count). The summed E-state index contributed by atoms with van der Waals surface area (Å²) in [5, 5.41) is 2.17. The number of hydrogen-bond acceptors (Lipinski definition) is 3. The summed E-state index contributed by atoms with van der Waals surface area (Å²) >= 11 is 0. The third kappa shape index (κ3) is 1.15. The van der Waals surface area contributed by atoms with Gasteiger partial charge in [-0.1, -0.05) is 30.3 Å². The Morgan fingerprint density at radius 2 is 1.71 bits per heavy atom. The van der Waals surface area contributed by atoms with Crippen LogP contribution in [0.5, 0.6) is 0 Å². The van der Waals surface area contributed by atoms with E-state index in [1.165, 1.54) is 0 Å².